The molecule has 0 atom stereocenters. The first-order valence-electron chi connectivity index (χ1n) is 9.28. The van der Waals surface area contributed by atoms with Crippen molar-refractivity contribution in [3.63, 3.8) is 0 Å². The van der Waals surface area contributed by atoms with Crippen LogP contribution >= 0.6 is 0 Å². The van der Waals surface area contributed by atoms with E-state index in [1.165, 1.54) is 12.8 Å². The molecule has 0 spiro atoms. The van der Waals surface area contributed by atoms with Crippen LogP contribution in [0.3, 0.4) is 0 Å². The fraction of sp³-hybridized carbons (Fsp3) is 0.333. The fourth-order valence-electron chi connectivity index (χ4n) is 3.46. The van der Waals surface area contributed by atoms with Crippen molar-refractivity contribution < 1.29 is 14.3 Å². The SMILES string of the molecule is COc1ccc2cc(C(=O)NCc3cccnc3OC3CCCC3)[nH]c2c1. The van der Waals surface area contributed by atoms with Crippen molar-refractivity contribution in [3.05, 3.63) is 53.9 Å². The molecule has 1 saturated carbocycles. The lowest BCUT2D eigenvalue weighted by Crippen LogP contribution is -2.24. The van der Waals surface area contributed by atoms with Crippen LogP contribution in [0.1, 0.15) is 41.7 Å². The molecular formula is C21H23N3O3. The van der Waals surface area contributed by atoms with Crippen molar-refractivity contribution in [2.24, 2.45) is 0 Å². The number of pyridine rings is 1. The van der Waals surface area contributed by atoms with Crippen LogP contribution in [-0.2, 0) is 6.54 Å². The predicted molar refractivity (Wildman–Crippen MR) is 103 cm³/mol. The third-order valence-corrected chi connectivity index (χ3v) is 4.94. The Bertz CT molecular complexity index is 945. The first-order valence-corrected chi connectivity index (χ1v) is 9.28. The van der Waals surface area contributed by atoms with Crippen LogP contribution in [-0.4, -0.2) is 29.1 Å². The molecule has 140 valence electrons. The van der Waals surface area contributed by atoms with E-state index < -0.39 is 0 Å². The number of methoxy groups -OCH3 is 1. The summed E-state index contributed by atoms with van der Waals surface area (Å²) in [6, 6.07) is 11.3. The van der Waals surface area contributed by atoms with E-state index >= 15 is 0 Å². The molecule has 0 unspecified atom stereocenters. The van der Waals surface area contributed by atoms with E-state index in [2.05, 4.69) is 15.3 Å². The van der Waals surface area contributed by atoms with Crippen molar-refractivity contribution in [1.29, 1.82) is 0 Å². The number of fused-ring (bicyclic) bond motifs is 1. The molecular weight excluding hydrogens is 342 g/mol. The van der Waals surface area contributed by atoms with E-state index in [0.29, 0.717) is 18.1 Å². The molecule has 1 aromatic carbocycles. The van der Waals surface area contributed by atoms with Crippen molar-refractivity contribution in [2.75, 3.05) is 7.11 Å². The van der Waals surface area contributed by atoms with Crippen LogP contribution in [0.4, 0.5) is 0 Å². The van der Waals surface area contributed by atoms with Crippen LogP contribution in [0.25, 0.3) is 10.9 Å². The van der Waals surface area contributed by atoms with Crippen molar-refractivity contribution >= 4 is 16.8 Å². The lowest BCUT2D eigenvalue weighted by molar-refractivity contribution is 0.0946. The Labute approximate surface area is 157 Å². The quantitative estimate of drug-likeness (QED) is 0.696. The third-order valence-electron chi connectivity index (χ3n) is 4.94. The highest BCUT2D eigenvalue weighted by atomic mass is 16.5. The number of hydrogen-bond donors (Lipinski definition) is 2. The summed E-state index contributed by atoms with van der Waals surface area (Å²) in [6.07, 6.45) is 6.50. The van der Waals surface area contributed by atoms with Crippen LogP contribution in [0.2, 0.25) is 0 Å². The van der Waals surface area contributed by atoms with Crippen LogP contribution < -0.4 is 14.8 Å². The summed E-state index contributed by atoms with van der Waals surface area (Å²) in [4.78, 5) is 20.1. The molecule has 0 radical (unpaired) electrons. The van der Waals surface area contributed by atoms with Gasteiger partial charge >= 0.3 is 0 Å². The van der Waals surface area contributed by atoms with E-state index in [1.807, 2.05) is 36.4 Å². The minimum atomic E-state index is -0.166. The highest BCUT2D eigenvalue weighted by Crippen LogP contribution is 2.25. The number of carbonyl (C=O) groups excluding carboxylic acids is 1. The fourth-order valence-corrected chi connectivity index (χ4v) is 3.46. The van der Waals surface area contributed by atoms with E-state index in [9.17, 15) is 4.79 Å². The summed E-state index contributed by atoms with van der Waals surface area (Å²) in [5.41, 5.74) is 2.27. The molecule has 1 aliphatic rings. The maximum atomic E-state index is 12.6. The maximum absolute atomic E-state index is 12.6. The molecule has 6 nitrogen and oxygen atoms in total. The molecule has 2 heterocycles. The third kappa shape index (κ3) is 3.89. The van der Waals surface area contributed by atoms with Crippen molar-refractivity contribution in [2.45, 2.75) is 38.3 Å². The zero-order chi connectivity index (χ0) is 18.6. The summed E-state index contributed by atoms with van der Waals surface area (Å²) in [6.45, 7) is 0.368. The van der Waals surface area contributed by atoms with Gasteiger partial charge in [-0.25, -0.2) is 4.98 Å². The summed E-state index contributed by atoms with van der Waals surface area (Å²) in [5, 5.41) is 3.91. The first-order chi connectivity index (χ1) is 13.2. The normalized spacial score (nSPS) is 14.4. The molecule has 0 bridgehead atoms. The maximum Gasteiger partial charge on any atom is 0.267 e. The first kappa shape index (κ1) is 17.4. The summed E-state index contributed by atoms with van der Waals surface area (Å²) >= 11 is 0. The van der Waals surface area contributed by atoms with E-state index in [-0.39, 0.29) is 12.0 Å². The number of hydrogen-bond acceptors (Lipinski definition) is 4. The van der Waals surface area contributed by atoms with Gasteiger partial charge < -0.3 is 19.8 Å². The van der Waals surface area contributed by atoms with E-state index in [1.54, 1.807) is 13.3 Å². The highest BCUT2D eigenvalue weighted by Gasteiger charge is 2.19. The average molecular weight is 365 g/mol. The number of benzene rings is 1. The van der Waals surface area contributed by atoms with Gasteiger partial charge in [0.1, 0.15) is 17.5 Å². The number of ether oxygens (including phenoxy) is 2. The Balaban J connectivity index is 1.44. The standard InChI is InChI=1S/C21H23N3O3/c1-26-17-9-8-14-11-19(24-18(14)12-17)20(25)23-13-15-5-4-10-22-21(15)27-16-6-2-3-7-16/h4-5,8-12,16,24H,2-3,6-7,13H2,1H3,(H,23,25). The van der Waals surface area contributed by atoms with Gasteiger partial charge in [-0.3, -0.25) is 4.79 Å². The number of carbonyl (C=O) groups is 1. The number of H-pyrrole nitrogens is 1. The number of rotatable bonds is 6. The van der Waals surface area contributed by atoms with Crippen LogP contribution in [0.5, 0.6) is 11.6 Å². The molecule has 6 heteroatoms. The van der Waals surface area contributed by atoms with Gasteiger partial charge in [-0.05, 0) is 49.9 Å². The lowest BCUT2D eigenvalue weighted by Gasteiger charge is -2.15. The molecule has 2 N–H and O–H groups in total. The molecule has 2 aromatic heterocycles. The van der Waals surface area contributed by atoms with Gasteiger partial charge in [-0.1, -0.05) is 6.07 Å². The second kappa shape index (κ2) is 7.70. The second-order valence-electron chi connectivity index (χ2n) is 6.81. The Morgan fingerprint density at radius 3 is 2.93 bits per heavy atom. The van der Waals surface area contributed by atoms with Crippen LogP contribution in [0, 0.1) is 0 Å². The minimum Gasteiger partial charge on any atom is -0.497 e. The van der Waals surface area contributed by atoms with Gasteiger partial charge in [-0.15, -0.1) is 0 Å². The number of aromatic nitrogens is 2. The van der Waals surface area contributed by atoms with Gasteiger partial charge in [0, 0.05) is 35.3 Å². The van der Waals surface area contributed by atoms with E-state index in [4.69, 9.17) is 9.47 Å². The van der Waals surface area contributed by atoms with Crippen molar-refractivity contribution in [1.82, 2.24) is 15.3 Å². The summed E-state index contributed by atoms with van der Waals surface area (Å²) in [5.74, 6) is 1.20. The van der Waals surface area contributed by atoms with Crippen molar-refractivity contribution in [3.8, 4) is 11.6 Å². The second-order valence-corrected chi connectivity index (χ2v) is 6.81. The Hall–Kier alpha value is -3.02. The number of amides is 1. The Morgan fingerprint density at radius 1 is 1.26 bits per heavy atom. The molecule has 0 saturated heterocycles. The topological polar surface area (TPSA) is 76.2 Å². The molecule has 4 rings (SSSR count). The Morgan fingerprint density at radius 2 is 2.11 bits per heavy atom. The minimum absolute atomic E-state index is 0.166. The van der Waals surface area contributed by atoms with Gasteiger partial charge in [0.25, 0.3) is 5.91 Å². The zero-order valence-corrected chi connectivity index (χ0v) is 15.3. The monoisotopic (exact) mass is 365 g/mol. The van der Waals surface area contributed by atoms with E-state index in [0.717, 1.165) is 35.1 Å². The predicted octanol–water partition coefficient (Wildman–Crippen LogP) is 3.82. The molecule has 0 aliphatic heterocycles. The average Bonchev–Trinajstić information content (AvgIpc) is 3.35. The highest BCUT2D eigenvalue weighted by molar-refractivity contribution is 5.98. The number of nitrogens with zero attached hydrogens (tertiary/aromatic N) is 1. The smallest absolute Gasteiger partial charge is 0.267 e. The number of aromatic amines is 1. The zero-order valence-electron chi connectivity index (χ0n) is 15.3. The molecule has 27 heavy (non-hydrogen) atoms. The Kier molecular flexibility index (Phi) is 4.96. The van der Waals surface area contributed by atoms with Gasteiger partial charge in [0.2, 0.25) is 5.88 Å². The molecule has 1 aliphatic carbocycles. The van der Waals surface area contributed by atoms with Gasteiger partial charge in [-0.2, -0.15) is 0 Å². The van der Waals surface area contributed by atoms with Gasteiger partial charge in [0.15, 0.2) is 0 Å². The summed E-state index contributed by atoms with van der Waals surface area (Å²) < 4.78 is 11.3. The number of nitrogens with one attached hydrogen (secondary N) is 2. The summed E-state index contributed by atoms with van der Waals surface area (Å²) in [7, 11) is 1.62. The molecule has 1 amide bonds. The largest absolute Gasteiger partial charge is 0.497 e. The van der Waals surface area contributed by atoms with Crippen LogP contribution in [0.15, 0.2) is 42.6 Å². The molecule has 3 aromatic rings. The lowest BCUT2D eigenvalue weighted by atomic mass is 10.2. The molecule has 1 fully saturated rings. The van der Waals surface area contributed by atoms with Gasteiger partial charge in [0.05, 0.1) is 7.11 Å².